The lowest BCUT2D eigenvalue weighted by Crippen LogP contribution is -2.45. The molecule has 0 unspecified atom stereocenters. The first-order valence-corrected chi connectivity index (χ1v) is 15.5. The van der Waals surface area contributed by atoms with Crippen LogP contribution in [0.3, 0.4) is 0 Å². The summed E-state index contributed by atoms with van der Waals surface area (Å²) >= 11 is 0. The van der Waals surface area contributed by atoms with Crippen molar-refractivity contribution in [2.24, 2.45) is 0 Å². The largest absolute Gasteiger partial charge is 0.171 e. The molecule has 0 amide bonds. The van der Waals surface area contributed by atoms with Gasteiger partial charge in [-0.05, 0) is 0 Å². The van der Waals surface area contributed by atoms with Crippen LogP contribution in [0.15, 0.2) is 10.8 Å². The average molecular weight is 292 g/mol. The first-order chi connectivity index (χ1) is 8.68. The lowest BCUT2D eigenvalue weighted by atomic mass is 9.27. The van der Waals surface area contributed by atoms with Crippen LogP contribution in [0, 0.1) is 0 Å². The second-order valence-electron chi connectivity index (χ2n) is 9.12. The molecule has 2 rings (SSSR count). The minimum atomic E-state index is -1.15. The van der Waals surface area contributed by atoms with Crippen molar-refractivity contribution in [2.75, 3.05) is 0 Å². The minimum Gasteiger partial charge on any atom is -0.118 e. The summed E-state index contributed by atoms with van der Waals surface area (Å²) in [4.78, 5) is 0. The normalized spacial score (nSPS) is 29.6. The fraction of sp³-hybridized carbons (Fsp3) is 0.875. The van der Waals surface area contributed by atoms with E-state index in [0.717, 1.165) is 18.3 Å². The first-order valence-electron chi connectivity index (χ1n) is 8.42. The molecule has 0 aliphatic carbocycles. The van der Waals surface area contributed by atoms with Crippen LogP contribution in [0.2, 0.25) is 50.9 Å². The molecule has 0 saturated carbocycles. The van der Waals surface area contributed by atoms with Crippen LogP contribution < -0.4 is 0 Å². The zero-order chi connectivity index (χ0) is 14.3. The predicted octanol–water partition coefficient (Wildman–Crippen LogP) is 5.81. The van der Waals surface area contributed by atoms with Crippen LogP contribution >= 0.6 is 0 Å². The van der Waals surface area contributed by atoms with Crippen molar-refractivity contribution in [1.29, 1.82) is 0 Å². The molecule has 2 fully saturated rings. The third-order valence-electron chi connectivity index (χ3n) is 5.13. The van der Waals surface area contributed by atoms with E-state index in [1.807, 2.05) is 5.10 Å². The average Bonchev–Trinajstić information content (AvgIpc) is 2.22. The smallest absolute Gasteiger partial charge is 0.118 e. The van der Waals surface area contributed by atoms with Gasteiger partial charge in [0.15, 0.2) is 6.71 Å². The highest BCUT2D eigenvalue weighted by molar-refractivity contribution is 7.01. The van der Waals surface area contributed by atoms with Gasteiger partial charge in [-0.2, -0.15) is 0 Å². The highest BCUT2D eigenvalue weighted by atomic mass is 28.3. The van der Waals surface area contributed by atoms with Gasteiger partial charge in [0.25, 0.3) is 0 Å². The molecule has 0 nitrogen and oxygen atoms in total. The van der Waals surface area contributed by atoms with E-state index >= 15 is 0 Å². The van der Waals surface area contributed by atoms with Crippen LogP contribution in [0.5, 0.6) is 0 Å². The van der Waals surface area contributed by atoms with Crippen molar-refractivity contribution in [2.45, 2.75) is 89.4 Å². The maximum absolute atomic E-state index is 2.82. The van der Waals surface area contributed by atoms with Crippen molar-refractivity contribution < 1.29 is 0 Å². The van der Waals surface area contributed by atoms with Crippen LogP contribution in [0.4, 0.5) is 0 Å². The zero-order valence-corrected chi connectivity index (χ0v) is 16.1. The Kier molecular flexibility index (Phi) is 4.57. The molecule has 0 N–H and O–H groups in total. The summed E-state index contributed by atoms with van der Waals surface area (Å²) in [5.41, 5.74) is 2.82. The zero-order valence-electron chi connectivity index (χ0n) is 14.1. The Morgan fingerprint density at radius 3 is 1.58 bits per heavy atom. The summed E-state index contributed by atoms with van der Waals surface area (Å²) in [5.74, 6) is 2.09. The number of fused-ring (bicyclic) bond motifs is 2. The van der Waals surface area contributed by atoms with Gasteiger partial charge in [-0.1, -0.05) is 89.4 Å². The van der Waals surface area contributed by atoms with Crippen molar-refractivity contribution in [3.63, 3.8) is 0 Å². The van der Waals surface area contributed by atoms with Gasteiger partial charge in [-0.25, -0.2) is 0 Å². The molecule has 0 spiro atoms. The molecular weight excluding hydrogens is 259 g/mol. The van der Waals surface area contributed by atoms with Gasteiger partial charge >= 0.3 is 0 Å². The van der Waals surface area contributed by atoms with E-state index in [0.29, 0.717) is 0 Å². The van der Waals surface area contributed by atoms with Crippen molar-refractivity contribution in [3.8, 4) is 0 Å². The highest BCUT2D eigenvalue weighted by Crippen LogP contribution is 2.50. The molecule has 2 aliphatic rings. The van der Waals surface area contributed by atoms with E-state index < -0.39 is 16.1 Å². The van der Waals surface area contributed by atoms with Gasteiger partial charge in [0, 0.05) is 0 Å². The molecule has 0 aromatic carbocycles. The van der Waals surface area contributed by atoms with Gasteiger partial charge in [-0.15, -0.1) is 10.8 Å². The maximum atomic E-state index is 2.82. The third-order valence-corrected chi connectivity index (χ3v) is 8.80. The maximum Gasteiger partial charge on any atom is 0.171 e. The van der Waals surface area contributed by atoms with E-state index in [4.69, 9.17) is 0 Å². The van der Waals surface area contributed by atoms with Crippen LogP contribution in [-0.2, 0) is 0 Å². The Morgan fingerprint density at radius 2 is 1.26 bits per heavy atom. The molecule has 2 saturated heterocycles. The number of rotatable bonds is 3. The molecule has 0 radical (unpaired) electrons. The van der Waals surface area contributed by atoms with Crippen LogP contribution in [0.1, 0.15) is 38.5 Å². The fourth-order valence-corrected chi connectivity index (χ4v) is 10.1. The molecule has 2 heterocycles. The molecule has 2 aliphatic heterocycles. The monoisotopic (exact) mass is 292 g/mol. The summed E-state index contributed by atoms with van der Waals surface area (Å²) in [6, 6.07) is 0. The Labute approximate surface area is 123 Å². The molecule has 108 valence electrons. The third kappa shape index (κ3) is 3.87. The van der Waals surface area contributed by atoms with Crippen molar-refractivity contribution in [3.05, 3.63) is 10.8 Å². The Balaban J connectivity index is 2.35. The second-order valence-corrected chi connectivity index (χ2v) is 19.2. The molecule has 0 aromatic rings. The van der Waals surface area contributed by atoms with Crippen molar-refractivity contribution >= 4 is 22.9 Å². The minimum absolute atomic E-state index is 0.987. The summed E-state index contributed by atoms with van der Waals surface area (Å²) in [5, 5.41) is 1.97. The van der Waals surface area contributed by atoms with E-state index in [1.54, 1.807) is 0 Å². The summed E-state index contributed by atoms with van der Waals surface area (Å²) in [6.07, 6.45) is 9.11. The van der Waals surface area contributed by atoms with E-state index in [9.17, 15) is 0 Å². The van der Waals surface area contributed by atoms with Gasteiger partial charge in [0.1, 0.15) is 0 Å². The molecule has 3 heteroatoms. The Bertz CT molecular complexity index is 327. The lowest BCUT2D eigenvalue weighted by molar-refractivity contribution is 0.446. The van der Waals surface area contributed by atoms with E-state index in [1.165, 1.54) is 38.5 Å². The van der Waals surface area contributed by atoms with Gasteiger partial charge in [0.2, 0.25) is 0 Å². The fourth-order valence-electron chi connectivity index (χ4n) is 4.46. The topological polar surface area (TPSA) is 0 Å². The number of hydrogen-bond donors (Lipinski definition) is 0. The van der Waals surface area contributed by atoms with Crippen LogP contribution in [0.25, 0.3) is 0 Å². The Hall–Kier alpha value is 0.239. The standard InChI is InChI=1S/C16H33BSi2/c1-18(2,3)13-16(19(4,5)6)17-14-9-7-10-15(17)12-8-11-14/h13-15H,7-12H2,1-6H3/b16-13-. The summed E-state index contributed by atoms with van der Waals surface area (Å²) in [6.45, 7) is 16.3. The second kappa shape index (κ2) is 5.55. The molecule has 0 aromatic heterocycles. The van der Waals surface area contributed by atoms with Gasteiger partial charge in [-0.3, -0.25) is 0 Å². The summed E-state index contributed by atoms with van der Waals surface area (Å²) in [7, 11) is -2.24. The predicted molar refractivity (Wildman–Crippen MR) is 95.7 cm³/mol. The van der Waals surface area contributed by atoms with E-state index in [-0.39, 0.29) is 0 Å². The number of hydrogen-bond acceptors (Lipinski definition) is 0. The van der Waals surface area contributed by atoms with Crippen molar-refractivity contribution in [1.82, 2.24) is 0 Å². The quantitative estimate of drug-likeness (QED) is 0.576. The highest BCUT2D eigenvalue weighted by Gasteiger charge is 2.44. The summed E-state index contributed by atoms with van der Waals surface area (Å²) < 4.78 is 0. The van der Waals surface area contributed by atoms with Gasteiger partial charge in [0.05, 0.1) is 16.1 Å². The SMILES string of the molecule is C[Si](C)(C)/C=C(/B1C2CCCC1CCC2)[Si](C)(C)C. The lowest BCUT2D eigenvalue weighted by Gasteiger charge is -2.45. The first kappa shape index (κ1) is 15.6. The molecular formula is C16H33BSi2. The molecule has 19 heavy (non-hydrogen) atoms. The molecule has 0 atom stereocenters. The Morgan fingerprint density at radius 1 is 0.842 bits per heavy atom. The van der Waals surface area contributed by atoms with E-state index in [2.05, 4.69) is 45.0 Å². The van der Waals surface area contributed by atoms with Gasteiger partial charge < -0.3 is 0 Å². The van der Waals surface area contributed by atoms with Crippen LogP contribution in [-0.4, -0.2) is 22.9 Å². The molecule has 2 bridgehead atoms.